The lowest BCUT2D eigenvalue weighted by Crippen LogP contribution is -2.47. The highest BCUT2D eigenvalue weighted by atomic mass is 16.2. The number of amides is 2. The Morgan fingerprint density at radius 3 is 2.61 bits per heavy atom. The largest absolute Gasteiger partial charge is 0.341 e. The second-order valence-electron chi connectivity index (χ2n) is 5.34. The van der Waals surface area contributed by atoms with Crippen molar-refractivity contribution in [1.29, 1.82) is 0 Å². The molecule has 5 nitrogen and oxygen atoms in total. The summed E-state index contributed by atoms with van der Waals surface area (Å²) < 4.78 is 0. The average Bonchev–Trinajstić information content (AvgIpc) is 2.56. The maximum Gasteiger partial charge on any atom is 0.242 e. The molecule has 0 aromatic carbocycles. The van der Waals surface area contributed by atoms with Crippen molar-refractivity contribution in [2.24, 2.45) is 5.73 Å². The molecule has 0 spiro atoms. The van der Waals surface area contributed by atoms with Gasteiger partial charge in [0.2, 0.25) is 11.8 Å². The Labute approximate surface area is 108 Å². The minimum Gasteiger partial charge on any atom is -0.341 e. The van der Waals surface area contributed by atoms with E-state index in [-0.39, 0.29) is 24.4 Å². The Morgan fingerprint density at radius 1 is 1.17 bits per heavy atom. The number of likely N-dealkylation sites (tertiary alicyclic amines) is 2. The number of piperidine rings is 1. The fourth-order valence-electron chi connectivity index (χ4n) is 2.62. The first-order valence-electron chi connectivity index (χ1n) is 6.98. The van der Waals surface area contributed by atoms with Crippen molar-refractivity contribution in [3.05, 3.63) is 0 Å². The summed E-state index contributed by atoms with van der Waals surface area (Å²) in [7, 11) is 0. The highest BCUT2D eigenvalue weighted by Gasteiger charge is 2.24. The van der Waals surface area contributed by atoms with Gasteiger partial charge in [0.15, 0.2) is 0 Å². The van der Waals surface area contributed by atoms with Crippen LogP contribution in [0, 0.1) is 0 Å². The summed E-state index contributed by atoms with van der Waals surface area (Å²) in [4.78, 5) is 27.5. The van der Waals surface area contributed by atoms with E-state index in [1.807, 2.05) is 4.90 Å². The molecule has 2 amide bonds. The Morgan fingerprint density at radius 2 is 1.89 bits per heavy atom. The third-order valence-electron chi connectivity index (χ3n) is 3.89. The van der Waals surface area contributed by atoms with Gasteiger partial charge in [-0.1, -0.05) is 6.42 Å². The zero-order chi connectivity index (χ0) is 13.0. The second-order valence-corrected chi connectivity index (χ2v) is 5.34. The summed E-state index contributed by atoms with van der Waals surface area (Å²) in [5.74, 6) is 0.215. The van der Waals surface area contributed by atoms with Crippen LogP contribution in [0.3, 0.4) is 0 Å². The van der Waals surface area contributed by atoms with E-state index in [2.05, 4.69) is 0 Å². The van der Waals surface area contributed by atoms with Gasteiger partial charge in [0.05, 0.1) is 6.54 Å². The molecule has 2 saturated heterocycles. The van der Waals surface area contributed by atoms with Crippen LogP contribution in [0.4, 0.5) is 0 Å². The summed E-state index contributed by atoms with van der Waals surface area (Å²) in [5, 5.41) is 0. The number of nitrogens with zero attached hydrogens (tertiary/aromatic N) is 2. The monoisotopic (exact) mass is 253 g/mol. The number of carbonyl (C=O) groups is 2. The first kappa shape index (κ1) is 13.3. The van der Waals surface area contributed by atoms with Crippen LogP contribution in [0.1, 0.15) is 38.5 Å². The lowest BCUT2D eigenvalue weighted by molar-refractivity contribution is -0.140. The summed E-state index contributed by atoms with van der Waals surface area (Å²) in [6, 6.07) is 0.230. The van der Waals surface area contributed by atoms with Gasteiger partial charge in [-0.3, -0.25) is 9.59 Å². The molecule has 2 fully saturated rings. The second kappa shape index (κ2) is 6.18. The molecule has 0 aromatic heterocycles. The van der Waals surface area contributed by atoms with Crippen LogP contribution in [-0.2, 0) is 9.59 Å². The molecule has 102 valence electrons. The third-order valence-corrected chi connectivity index (χ3v) is 3.89. The molecule has 0 saturated carbocycles. The Bertz CT molecular complexity index is 311. The van der Waals surface area contributed by atoms with E-state index in [9.17, 15) is 9.59 Å². The Kier molecular flexibility index (Phi) is 4.58. The quantitative estimate of drug-likeness (QED) is 0.771. The summed E-state index contributed by atoms with van der Waals surface area (Å²) in [6.45, 7) is 2.47. The van der Waals surface area contributed by atoms with Crippen LogP contribution >= 0.6 is 0 Å². The predicted octanol–water partition coefficient (Wildman–Crippen LogP) is 0.339. The van der Waals surface area contributed by atoms with Crippen molar-refractivity contribution >= 4 is 11.8 Å². The number of nitrogens with two attached hydrogens (primary N) is 1. The molecule has 0 bridgehead atoms. The van der Waals surface area contributed by atoms with Crippen molar-refractivity contribution in [2.45, 2.75) is 44.6 Å². The van der Waals surface area contributed by atoms with Crippen molar-refractivity contribution in [1.82, 2.24) is 9.80 Å². The van der Waals surface area contributed by atoms with Gasteiger partial charge in [-0.05, 0) is 25.7 Å². The van der Waals surface area contributed by atoms with E-state index in [1.54, 1.807) is 4.90 Å². The number of rotatable bonds is 2. The number of hydrogen-bond acceptors (Lipinski definition) is 3. The Balaban J connectivity index is 1.84. The van der Waals surface area contributed by atoms with Crippen LogP contribution < -0.4 is 5.73 Å². The van der Waals surface area contributed by atoms with E-state index in [0.29, 0.717) is 6.42 Å². The normalized spacial score (nSPS) is 23.1. The zero-order valence-electron chi connectivity index (χ0n) is 10.9. The highest BCUT2D eigenvalue weighted by molar-refractivity contribution is 5.85. The first-order valence-corrected chi connectivity index (χ1v) is 6.98. The molecule has 2 N–H and O–H groups in total. The standard InChI is InChI=1S/C13H23N3O2/c14-11-5-8-15(9-6-11)13(18)10-16-7-3-1-2-4-12(16)17/h11H,1-10,14H2. The molecular formula is C13H23N3O2. The maximum absolute atomic E-state index is 12.1. The summed E-state index contributed by atoms with van der Waals surface area (Å²) in [5.41, 5.74) is 5.82. The first-order chi connectivity index (χ1) is 8.66. The van der Waals surface area contributed by atoms with Gasteiger partial charge in [0.1, 0.15) is 0 Å². The molecular weight excluding hydrogens is 230 g/mol. The fourth-order valence-corrected chi connectivity index (χ4v) is 2.62. The molecule has 0 aromatic rings. The lowest BCUT2D eigenvalue weighted by Gasteiger charge is -2.32. The molecule has 0 aliphatic carbocycles. The smallest absolute Gasteiger partial charge is 0.242 e. The third kappa shape index (κ3) is 3.45. The average molecular weight is 253 g/mol. The van der Waals surface area contributed by atoms with Crippen LogP contribution in [0.25, 0.3) is 0 Å². The molecule has 2 aliphatic rings. The molecule has 18 heavy (non-hydrogen) atoms. The van der Waals surface area contributed by atoms with Gasteiger partial charge in [-0.2, -0.15) is 0 Å². The summed E-state index contributed by atoms with van der Waals surface area (Å²) in [6.07, 6.45) is 5.42. The minimum atomic E-state index is 0.0807. The van der Waals surface area contributed by atoms with E-state index in [4.69, 9.17) is 5.73 Å². The van der Waals surface area contributed by atoms with Crippen molar-refractivity contribution < 1.29 is 9.59 Å². The van der Waals surface area contributed by atoms with E-state index in [1.165, 1.54) is 0 Å². The van der Waals surface area contributed by atoms with Crippen molar-refractivity contribution in [3.8, 4) is 0 Å². The van der Waals surface area contributed by atoms with Gasteiger partial charge < -0.3 is 15.5 Å². The summed E-state index contributed by atoms with van der Waals surface area (Å²) >= 11 is 0. The lowest BCUT2D eigenvalue weighted by atomic mass is 10.1. The molecule has 0 unspecified atom stereocenters. The zero-order valence-corrected chi connectivity index (χ0v) is 10.9. The number of carbonyl (C=O) groups excluding carboxylic acids is 2. The van der Waals surface area contributed by atoms with Crippen molar-refractivity contribution in [2.75, 3.05) is 26.2 Å². The fraction of sp³-hybridized carbons (Fsp3) is 0.846. The van der Waals surface area contributed by atoms with Crippen LogP contribution in [0.2, 0.25) is 0 Å². The van der Waals surface area contributed by atoms with Gasteiger partial charge in [0, 0.05) is 32.1 Å². The van der Waals surface area contributed by atoms with E-state index >= 15 is 0 Å². The number of hydrogen-bond donors (Lipinski definition) is 1. The van der Waals surface area contributed by atoms with E-state index in [0.717, 1.165) is 51.7 Å². The van der Waals surface area contributed by atoms with Gasteiger partial charge in [-0.25, -0.2) is 0 Å². The highest BCUT2D eigenvalue weighted by Crippen LogP contribution is 2.13. The minimum absolute atomic E-state index is 0.0807. The van der Waals surface area contributed by atoms with Gasteiger partial charge in [-0.15, -0.1) is 0 Å². The van der Waals surface area contributed by atoms with Crippen LogP contribution in [0.5, 0.6) is 0 Å². The molecule has 0 atom stereocenters. The predicted molar refractivity (Wildman–Crippen MR) is 68.8 cm³/mol. The SMILES string of the molecule is NC1CCN(C(=O)CN2CCCCCC2=O)CC1. The molecule has 2 heterocycles. The van der Waals surface area contributed by atoms with E-state index < -0.39 is 0 Å². The molecule has 2 aliphatic heterocycles. The van der Waals surface area contributed by atoms with Crippen LogP contribution in [-0.4, -0.2) is 53.8 Å². The molecule has 2 rings (SSSR count). The van der Waals surface area contributed by atoms with Gasteiger partial charge in [0.25, 0.3) is 0 Å². The Hall–Kier alpha value is -1.10. The molecule has 5 heteroatoms. The maximum atomic E-state index is 12.1. The van der Waals surface area contributed by atoms with Crippen molar-refractivity contribution in [3.63, 3.8) is 0 Å². The molecule has 0 radical (unpaired) electrons. The van der Waals surface area contributed by atoms with Crippen LogP contribution in [0.15, 0.2) is 0 Å². The topological polar surface area (TPSA) is 66.6 Å². The van der Waals surface area contributed by atoms with Gasteiger partial charge >= 0.3 is 0 Å².